The first-order valence-corrected chi connectivity index (χ1v) is 6.36. The minimum atomic E-state index is 0.0793. The molecular weight excluding hydrogens is 240 g/mol. The highest BCUT2D eigenvalue weighted by Crippen LogP contribution is 2.23. The highest BCUT2D eigenvalue weighted by Gasteiger charge is 2.27. The number of nitrogens with zero attached hydrogens (tertiary/aromatic N) is 2. The topological polar surface area (TPSA) is 61.0 Å². The van der Waals surface area contributed by atoms with E-state index in [-0.39, 0.29) is 11.9 Å². The molecule has 0 saturated carbocycles. The molecule has 0 aliphatic carbocycles. The molecule has 1 aromatic carbocycles. The second-order valence-corrected chi connectivity index (χ2v) is 4.74. The number of aromatic nitrogens is 2. The lowest BCUT2D eigenvalue weighted by Crippen LogP contribution is -2.49. The van der Waals surface area contributed by atoms with Crippen LogP contribution in [-0.2, 0) is 11.3 Å². The summed E-state index contributed by atoms with van der Waals surface area (Å²) in [5, 5.41) is 9.70. The molecule has 1 fully saturated rings. The summed E-state index contributed by atoms with van der Waals surface area (Å²) in [4.78, 5) is 13.8. The fourth-order valence-corrected chi connectivity index (χ4v) is 2.46. The number of hydrogen-bond acceptors (Lipinski definition) is 3. The molecule has 1 saturated heterocycles. The van der Waals surface area contributed by atoms with Crippen molar-refractivity contribution in [3.05, 3.63) is 53.9 Å². The van der Waals surface area contributed by atoms with E-state index in [9.17, 15) is 4.79 Å². The van der Waals surface area contributed by atoms with E-state index < -0.39 is 0 Å². The van der Waals surface area contributed by atoms with Crippen LogP contribution >= 0.6 is 0 Å². The van der Waals surface area contributed by atoms with Crippen molar-refractivity contribution < 1.29 is 4.79 Å². The predicted molar refractivity (Wildman–Crippen MR) is 71.2 cm³/mol. The number of hydrogen-bond donors (Lipinski definition) is 2. The van der Waals surface area contributed by atoms with Gasteiger partial charge in [-0.15, -0.1) is 0 Å². The van der Waals surface area contributed by atoms with Gasteiger partial charge in [0.15, 0.2) is 0 Å². The normalized spacial score (nSPS) is 20.2. The molecule has 5 nitrogen and oxygen atoms in total. The number of amides is 1. The first-order chi connectivity index (χ1) is 9.33. The van der Waals surface area contributed by atoms with Crippen molar-refractivity contribution in [1.29, 1.82) is 0 Å². The van der Waals surface area contributed by atoms with Crippen LogP contribution in [0.15, 0.2) is 42.7 Å². The van der Waals surface area contributed by atoms with Crippen LogP contribution in [0.3, 0.4) is 0 Å². The van der Waals surface area contributed by atoms with Crippen molar-refractivity contribution >= 4 is 5.91 Å². The van der Waals surface area contributed by atoms with Gasteiger partial charge in [-0.2, -0.15) is 5.10 Å². The second-order valence-electron chi connectivity index (χ2n) is 4.74. The molecule has 2 heterocycles. The fourth-order valence-electron chi connectivity index (χ4n) is 2.46. The maximum absolute atomic E-state index is 11.6. The molecule has 0 radical (unpaired) electrons. The summed E-state index contributed by atoms with van der Waals surface area (Å²) in [6.07, 6.45) is 3.67. The van der Waals surface area contributed by atoms with Gasteiger partial charge in [-0.3, -0.25) is 14.8 Å². The lowest BCUT2D eigenvalue weighted by molar-refractivity contribution is -0.125. The van der Waals surface area contributed by atoms with Crippen LogP contribution in [0.25, 0.3) is 0 Å². The van der Waals surface area contributed by atoms with E-state index in [1.807, 2.05) is 24.4 Å². The lowest BCUT2D eigenvalue weighted by atomic mass is 10.0. The van der Waals surface area contributed by atoms with Crippen LogP contribution in [-0.4, -0.2) is 34.1 Å². The van der Waals surface area contributed by atoms with Gasteiger partial charge >= 0.3 is 0 Å². The Morgan fingerprint density at radius 1 is 1.32 bits per heavy atom. The van der Waals surface area contributed by atoms with Gasteiger partial charge in [0, 0.05) is 24.8 Å². The van der Waals surface area contributed by atoms with Gasteiger partial charge in [-0.25, -0.2) is 0 Å². The summed E-state index contributed by atoms with van der Waals surface area (Å²) >= 11 is 0. The number of benzene rings is 1. The molecule has 3 rings (SSSR count). The maximum atomic E-state index is 11.6. The predicted octanol–water partition coefficient (Wildman–Crippen LogP) is 1.08. The molecule has 2 aromatic rings. The molecule has 2 N–H and O–H groups in total. The van der Waals surface area contributed by atoms with Gasteiger partial charge in [0.25, 0.3) is 0 Å². The zero-order valence-electron chi connectivity index (χ0n) is 10.5. The molecule has 0 spiro atoms. The molecule has 5 heteroatoms. The Hall–Kier alpha value is -2.14. The molecule has 19 heavy (non-hydrogen) atoms. The molecule has 1 aromatic heterocycles. The van der Waals surface area contributed by atoms with Crippen LogP contribution < -0.4 is 5.32 Å². The number of carbonyl (C=O) groups excluding carboxylic acids is 1. The van der Waals surface area contributed by atoms with Gasteiger partial charge < -0.3 is 5.32 Å². The van der Waals surface area contributed by atoms with Crippen molar-refractivity contribution in [3.8, 4) is 0 Å². The summed E-state index contributed by atoms with van der Waals surface area (Å²) in [6, 6.07) is 10.5. The third-order valence-electron chi connectivity index (χ3n) is 3.40. The first kappa shape index (κ1) is 11.9. The van der Waals surface area contributed by atoms with E-state index in [1.54, 1.807) is 6.20 Å². The average Bonchev–Trinajstić information content (AvgIpc) is 2.93. The monoisotopic (exact) mass is 256 g/mol. The molecule has 98 valence electrons. The van der Waals surface area contributed by atoms with Crippen LogP contribution in [0.4, 0.5) is 0 Å². The van der Waals surface area contributed by atoms with Crippen molar-refractivity contribution in [2.75, 3.05) is 13.1 Å². The Bertz CT molecular complexity index is 538. The molecule has 1 aliphatic rings. The molecular formula is C14H16N4O. The highest BCUT2D eigenvalue weighted by molar-refractivity contribution is 5.79. The Morgan fingerprint density at radius 3 is 2.89 bits per heavy atom. The third kappa shape index (κ3) is 2.66. The molecule has 1 aliphatic heterocycles. The third-order valence-corrected chi connectivity index (χ3v) is 3.40. The standard InChI is InChI=1S/C14H16N4O/c19-14-10-18(9-11-6-16-17-7-11)13(8-15-14)12-4-2-1-3-5-12/h1-7,13H,8-10H2,(H,15,19)(H,16,17). The van der Waals surface area contributed by atoms with Crippen LogP contribution in [0.1, 0.15) is 17.2 Å². The minimum Gasteiger partial charge on any atom is -0.353 e. The minimum absolute atomic E-state index is 0.0793. The van der Waals surface area contributed by atoms with Gasteiger partial charge in [0.2, 0.25) is 5.91 Å². The molecule has 1 unspecified atom stereocenters. The number of carbonyl (C=O) groups is 1. The van der Waals surface area contributed by atoms with Gasteiger partial charge in [-0.1, -0.05) is 30.3 Å². The van der Waals surface area contributed by atoms with Crippen molar-refractivity contribution in [1.82, 2.24) is 20.4 Å². The van der Waals surface area contributed by atoms with Crippen LogP contribution in [0.5, 0.6) is 0 Å². The van der Waals surface area contributed by atoms with E-state index in [0.29, 0.717) is 13.1 Å². The SMILES string of the molecule is O=C1CN(Cc2cn[nH]c2)C(c2ccccc2)CN1. The highest BCUT2D eigenvalue weighted by atomic mass is 16.2. The largest absolute Gasteiger partial charge is 0.353 e. The summed E-state index contributed by atoms with van der Waals surface area (Å²) < 4.78 is 0. The number of rotatable bonds is 3. The van der Waals surface area contributed by atoms with Gasteiger partial charge in [0.1, 0.15) is 0 Å². The smallest absolute Gasteiger partial charge is 0.234 e. The zero-order chi connectivity index (χ0) is 13.1. The van der Waals surface area contributed by atoms with Crippen molar-refractivity contribution in [2.45, 2.75) is 12.6 Å². The Kier molecular flexibility index (Phi) is 3.29. The van der Waals surface area contributed by atoms with Crippen LogP contribution in [0, 0.1) is 0 Å². The summed E-state index contributed by atoms with van der Waals surface area (Å²) in [5.74, 6) is 0.0793. The zero-order valence-corrected chi connectivity index (χ0v) is 10.5. The van der Waals surface area contributed by atoms with E-state index in [4.69, 9.17) is 0 Å². The van der Waals surface area contributed by atoms with Gasteiger partial charge in [-0.05, 0) is 5.56 Å². The number of H-pyrrole nitrogens is 1. The number of aromatic amines is 1. The summed E-state index contributed by atoms with van der Waals surface area (Å²) in [5.41, 5.74) is 2.32. The number of piperazine rings is 1. The van der Waals surface area contributed by atoms with Crippen molar-refractivity contribution in [3.63, 3.8) is 0 Å². The molecule has 1 atom stereocenters. The Morgan fingerprint density at radius 2 is 2.16 bits per heavy atom. The first-order valence-electron chi connectivity index (χ1n) is 6.36. The summed E-state index contributed by atoms with van der Waals surface area (Å²) in [6.45, 7) is 1.80. The fraction of sp³-hybridized carbons (Fsp3) is 0.286. The van der Waals surface area contributed by atoms with E-state index >= 15 is 0 Å². The molecule has 1 amide bonds. The van der Waals surface area contributed by atoms with E-state index in [0.717, 1.165) is 12.1 Å². The quantitative estimate of drug-likeness (QED) is 0.864. The second kappa shape index (κ2) is 5.24. The van der Waals surface area contributed by atoms with Crippen molar-refractivity contribution in [2.24, 2.45) is 0 Å². The average molecular weight is 256 g/mol. The Balaban J connectivity index is 1.82. The van der Waals surface area contributed by atoms with E-state index in [2.05, 4.69) is 32.5 Å². The summed E-state index contributed by atoms with van der Waals surface area (Å²) in [7, 11) is 0. The van der Waals surface area contributed by atoms with E-state index in [1.165, 1.54) is 5.56 Å². The van der Waals surface area contributed by atoms with Gasteiger partial charge in [0.05, 0.1) is 18.8 Å². The number of nitrogens with one attached hydrogen (secondary N) is 2. The van der Waals surface area contributed by atoms with Crippen LogP contribution in [0.2, 0.25) is 0 Å². The lowest BCUT2D eigenvalue weighted by Gasteiger charge is -2.35. The molecule has 0 bridgehead atoms. The Labute approximate surface area is 111 Å². The maximum Gasteiger partial charge on any atom is 0.234 e.